The van der Waals surface area contributed by atoms with Crippen LogP contribution in [-0.4, -0.2) is 56.6 Å². The standard InChI is InChI=1S/C23H29N3O3/c1-3-25-13-15-26(16-14-25)21-11-10-19(23(28)29-2)17-20(21)24-22(27)12-9-18-7-5-4-6-8-18/h4-8,10-11,17H,3,9,12-16H2,1-2H3,(H,24,27). The summed E-state index contributed by atoms with van der Waals surface area (Å²) in [6, 6.07) is 15.3. The van der Waals surface area contributed by atoms with Crippen molar-refractivity contribution >= 4 is 23.3 Å². The van der Waals surface area contributed by atoms with E-state index in [-0.39, 0.29) is 5.91 Å². The molecular formula is C23H29N3O3. The number of aryl methyl sites for hydroxylation is 1. The van der Waals surface area contributed by atoms with E-state index in [0.717, 1.165) is 44.0 Å². The van der Waals surface area contributed by atoms with Crippen molar-refractivity contribution in [2.24, 2.45) is 0 Å². The van der Waals surface area contributed by atoms with Crippen LogP contribution < -0.4 is 10.2 Å². The lowest BCUT2D eigenvalue weighted by Crippen LogP contribution is -2.46. The Hall–Kier alpha value is -2.86. The van der Waals surface area contributed by atoms with Crippen LogP contribution in [0, 0.1) is 0 Å². The van der Waals surface area contributed by atoms with Crippen LogP contribution in [0.15, 0.2) is 48.5 Å². The van der Waals surface area contributed by atoms with E-state index in [9.17, 15) is 9.59 Å². The summed E-state index contributed by atoms with van der Waals surface area (Å²) < 4.78 is 4.84. The van der Waals surface area contributed by atoms with Crippen molar-refractivity contribution in [1.82, 2.24) is 4.90 Å². The topological polar surface area (TPSA) is 61.9 Å². The molecule has 0 aliphatic carbocycles. The quantitative estimate of drug-likeness (QED) is 0.730. The molecule has 1 aliphatic rings. The Morgan fingerprint density at radius 1 is 1.03 bits per heavy atom. The zero-order chi connectivity index (χ0) is 20.6. The number of hydrogen-bond donors (Lipinski definition) is 1. The Balaban J connectivity index is 1.74. The fourth-order valence-corrected chi connectivity index (χ4v) is 3.58. The van der Waals surface area contributed by atoms with E-state index in [1.54, 1.807) is 12.1 Å². The lowest BCUT2D eigenvalue weighted by atomic mass is 10.1. The average molecular weight is 396 g/mol. The number of hydrogen-bond acceptors (Lipinski definition) is 5. The minimum Gasteiger partial charge on any atom is -0.465 e. The second-order valence-corrected chi connectivity index (χ2v) is 7.18. The molecule has 154 valence electrons. The summed E-state index contributed by atoms with van der Waals surface area (Å²) in [5.74, 6) is -0.476. The largest absolute Gasteiger partial charge is 0.465 e. The van der Waals surface area contributed by atoms with Crippen molar-refractivity contribution in [1.29, 1.82) is 0 Å². The van der Waals surface area contributed by atoms with Crippen molar-refractivity contribution in [3.8, 4) is 0 Å². The van der Waals surface area contributed by atoms with Gasteiger partial charge in [0.15, 0.2) is 0 Å². The van der Waals surface area contributed by atoms with E-state index in [1.165, 1.54) is 7.11 Å². The van der Waals surface area contributed by atoms with E-state index >= 15 is 0 Å². The van der Waals surface area contributed by atoms with Crippen LogP contribution in [0.1, 0.15) is 29.3 Å². The maximum Gasteiger partial charge on any atom is 0.337 e. The molecule has 0 radical (unpaired) electrons. The number of likely N-dealkylation sites (N-methyl/N-ethyl adjacent to an activating group) is 1. The molecule has 6 heteroatoms. The third kappa shape index (κ3) is 5.57. The normalized spacial score (nSPS) is 14.5. The van der Waals surface area contributed by atoms with Crippen LogP contribution in [-0.2, 0) is 16.0 Å². The molecule has 1 N–H and O–H groups in total. The molecule has 0 aromatic heterocycles. The molecule has 0 unspecified atom stereocenters. The molecule has 0 saturated carbocycles. The van der Waals surface area contributed by atoms with Gasteiger partial charge in [0.1, 0.15) is 0 Å². The number of esters is 1. The molecular weight excluding hydrogens is 366 g/mol. The number of rotatable bonds is 7. The second-order valence-electron chi connectivity index (χ2n) is 7.18. The number of ether oxygens (including phenoxy) is 1. The SMILES string of the molecule is CCN1CCN(c2ccc(C(=O)OC)cc2NC(=O)CCc2ccccc2)CC1. The van der Waals surface area contributed by atoms with Crippen LogP contribution in [0.4, 0.5) is 11.4 Å². The second kappa shape index (κ2) is 10.1. The summed E-state index contributed by atoms with van der Waals surface area (Å²) in [6.45, 7) is 6.95. The molecule has 1 aliphatic heterocycles. The summed E-state index contributed by atoms with van der Waals surface area (Å²) in [5, 5.41) is 3.02. The van der Waals surface area contributed by atoms with E-state index in [2.05, 4.69) is 22.0 Å². The number of anilines is 2. The van der Waals surface area contributed by atoms with Crippen LogP contribution in [0.25, 0.3) is 0 Å². The first-order valence-corrected chi connectivity index (χ1v) is 10.1. The number of benzene rings is 2. The zero-order valence-electron chi connectivity index (χ0n) is 17.2. The van der Waals surface area contributed by atoms with Gasteiger partial charge in [0, 0.05) is 32.6 Å². The zero-order valence-corrected chi connectivity index (χ0v) is 17.2. The Bertz CT molecular complexity index is 831. The van der Waals surface area contributed by atoms with Gasteiger partial charge in [0.2, 0.25) is 5.91 Å². The molecule has 0 atom stereocenters. The van der Waals surface area contributed by atoms with E-state index < -0.39 is 5.97 Å². The van der Waals surface area contributed by atoms with Gasteiger partial charge >= 0.3 is 5.97 Å². The maximum atomic E-state index is 12.6. The molecule has 2 aromatic rings. The summed E-state index contributed by atoms with van der Waals surface area (Å²) in [6.07, 6.45) is 1.06. The number of nitrogens with one attached hydrogen (secondary N) is 1. The van der Waals surface area contributed by atoms with Gasteiger partial charge in [-0.3, -0.25) is 4.79 Å². The van der Waals surface area contributed by atoms with Gasteiger partial charge < -0.3 is 19.9 Å². The van der Waals surface area contributed by atoms with Crippen molar-refractivity contribution in [3.05, 3.63) is 59.7 Å². The average Bonchev–Trinajstić information content (AvgIpc) is 2.78. The third-order valence-corrected chi connectivity index (χ3v) is 5.34. The molecule has 0 bridgehead atoms. The molecule has 0 spiro atoms. The molecule has 3 rings (SSSR count). The van der Waals surface area contributed by atoms with Gasteiger partial charge in [0.25, 0.3) is 0 Å². The van der Waals surface area contributed by atoms with Gasteiger partial charge in [0.05, 0.1) is 24.0 Å². The Kier molecular flexibility index (Phi) is 7.25. The number of carbonyl (C=O) groups is 2. The van der Waals surface area contributed by atoms with E-state index in [1.807, 2.05) is 36.4 Å². The molecule has 2 aromatic carbocycles. The maximum absolute atomic E-state index is 12.6. The van der Waals surface area contributed by atoms with Crippen molar-refractivity contribution in [3.63, 3.8) is 0 Å². The highest BCUT2D eigenvalue weighted by Crippen LogP contribution is 2.29. The first-order chi connectivity index (χ1) is 14.1. The summed E-state index contributed by atoms with van der Waals surface area (Å²) in [7, 11) is 1.36. The van der Waals surface area contributed by atoms with E-state index in [4.69, 9.17) is 4.74 Å². The predicted octanol–water partition coefficient (Wildman–Crippen LogP) is 3.19. The fourth-order valence-electron chi connectivity index (χ4n) is 3.58. The molecule has 1 saturated heterocycles. The predicted molar refractivity (Wildman–Crippen MR) is 116 cm³/mol. The lowest BCUT2D eigenvalue weighted by molar-refractivity contribution is -0.116. The molecule has 6 nitrogen and oxygen atoms in total. The van der Waals surface area contributed by atoms with Crippen molar-refractivity contribution in [2.75, 3.05) is 50.1 Å². The number of methoxy groups -OCH3 is 1. The van der Waals surface area contributed by atoms with Gasteiger partial charge in [-0.1, -0.05) is 37.3 Å². The first-order valence-electron chi connectivity index (χ1n) is 10.1. The van der Waals surface area contributed by atoms with Gasteiger partial charge in [-0.25, -0.2) is 4.79 Å². The molecule has 29 heavy (non-hydrogen) atoms. The number of nitrogens with zero attached hydrogens (tertiary/aromatic N) is 2. The number of carbonyl (C=O) groups excluding carboxylic acids is 2. The fraction of sp³-hybridized carbons (Fsp3) is 0.391. The van der Waals surface area contributed by atoms with Crippen LogP contribution in [0.2, 0.25) is 0 Å². The van der Waals surface area contributed by atoms with Gasteiger partial charge in [-0.2, -0.15) is 0 Å². The van der Waals surface area contributed by atoms with Crippen molar-refractivity contribution in [2.45, 2.75) is 19.8 Å². The van der Waals surface area contributed by atoms with Crippen molar-refractivity contribution < 1.29 is 14.3 Å². The summed E-state index contributed by atoms with van der Waals surface area (Å²) in [5.41, 5.74) is 3.17. The van der Waals surface area contributed by atoms with Crippen LogP contribution in [0.5, 0.6) is 0 Å². The van der Waals surface area contributed by atoms with Crippen LogP contribution >= 0.6 is 0 Å². The van der Waals surface area contributed by atoms with Gasteiger partial charge in [-0.05, 0) is 36.7 Å². The summed E-state index contributed by atoms with van der Waals surface area (Å²) >= 11 is 0. The number of amides is 1. The van der Waals surface area contributed by atoms with Gasteiger partial charge in [-0.15, -0.1) is 0 Å². The Morgan fingerprint density at radius 2 is 1.76 bits per heavy atom. The number of piperazine rings is 1. The third-order valence-electron chi connectivity index (χ3n) is 5.34. The highest BCUT2D eigenvalue weighted by atomic mass is 16.5. The molecule has 1 fully saturated rings. The smallest absolute Gasteiger partial charge is 0.337 e. The monoisotopic (exact) mass is 395 g/mol. The first kappa shape index (κ1) is 20.9. The minimum atomic E-state index is -0.410. The Morgan fingerprint density at radius 3 is 2.41 bits per heavy atom. The summed E-state index contributed by atoms with van der Waals surface area (Å²) in [4.78, 5) is 29.3. The lowest BCUT2D eigenvalue weighted by Gasteiger charge is -2.36. The molecule has 1 amide bonds. The Labute approximate surface area is 172 Å². The molecule has 1 heterocycles. The minimum absolute atomic E-state index is 0.0655. The highest BCUT2D eigenvalue weighted by Gasteiger charge is 2.20. The highest BCUT2D eigenvalue weighted by molar-refractivity contribution is 5.98. The van der Waals surface area contributed by atoms with E-state index in [0.29, 0.717) is 24.1 Å². The van der Waals surface area contributed by atoms with Crippen LogP contribution in [0.3, 0.4) is 0 Å².